The molecule has 0 aliphatic heterocycles. The van der Waals surface area contributed by atoms with Crippen LogP contribution in [0.3, 0.4) is 0 Å². The van der Waals surface area contributed by atoms with Crippen molar-refractivity contribution in [3.63, 3.8) is 0 Å². The molecule has 0 aliphatic rings. The molecule has 0 saturated heterocycles. The van der Waals surface area contributed by atoms with Crippen molar-refractivity contribution in [1.82, 2.24) is 19.9 Å². The number of hydrogen-bond donors (Lipinski definition) is 1. The summed E-state index contributed by atoms with van der Waals surface area (Å²) in [5, 5.41) is 4.13. The average molecular weight is 522 g/mol. The van der Waals surface area contributed by atoms with Gasteiger partial charge in [0.05, 0.1) is 24.1 Å². The molecule has 0 atom stereocenters. The van der Waals surface area contributed by atoms with Crippen LogP contribution in [-0.2, 0) is 16.4 Å². The van der Waals surface area contributed by atoms with E-state index >= 15 is 0 Å². The zero-order valence-corrected chi connectivity index (χ0v) is 21.8. The van der Waals surface area contributed by atoms with Gasteiger partial charge in [-0.25, -0.2) is 23.4 Å². The Hall–Kier alpha value is -3.76. The van der Waals surface area contributed by atoms with Crippen molar-refractivity contribution < 1.29 is 17.9 Å². The normalized spacial score (nSPS) is 11.5. The number of pyridine rings is 1. The molecule has 0 unspecified atom stereocenters. The van der Waals surface area contributed by atoms with E-state index < -0.39 is 9.84 Å². The summed E-state index contributed by atoms with van der Waals surface area (Å²) in [5.41, 5.74) is 2.68. The highest BCUT2D eigenvalue weighted by atomic mass is 32.2. The maximum Gasteiger partial charge on any atom is 0.214 e. The third kappa shape index (κ3) is 8.40. The highest BCUT2D eigenvalue weighted by Gasteiger charge is 2.09. The Labute approximate surface area is 217 Å². The maximum absolute atomic E-state index is 11.3. The monoisotopic (exact) mass is 521 g/mol. The Morgan fingerprint density at radius 1 is 0.946 bits per heavy atom. The van der Waals surface area contributed by atoms with Crippen LogP contribution in [0.1, 0.15) is 12.0 Å². The summed E-state index contributed by atoms with van der Waals surface area (Å²) in [5.74, 6) is 2.06. The fraction of sp³-hybridized carbons (Fsp3) is 0.296. The lowest BCUT2D eigenvalue weighted by Crippen LogP contribution is -2.27. The van der Waals surface area contributed by atoms with Gasteiger partial charge in [-0.2, -0.15) is 0 Å². The lowest BCUT2D eigenvalue weighted by atomic mass is 10.2. The molecule has 194 valence electrons. The topological polar surface area (TPSA) is 107 Å². The largest absolute Gasteiger partial charge is 0.489 e. The Kier molecular flexibility index (Phi) is 8.86. The molecule has 4 rings (SSSR count). The second-order valence-electron chi connectivity index (χ2n) is 8.82. The highest BCUT2D eigenvalue weighted by Crippen LogP contribution is 2.26. The van der Waals surface area contributed by atoms with Crippen molar-refractivity contribution in [2.24, 2.45) is 0 Å². The predicted octanol–water partition coefficient (Wildman–Crippen LogP) is 4.09. The number of sulfone groups is 1. The van der Waals surface area contributed by atoms with Crippen molar-refractivity contribution in [3.8, 4) is 11.6 Å². The van der Waals surface area contributed by atoms with Gasteiger partial charge in [0.2, 0.25) is 5.88 Å². The van der Waals surface area contributed by atoms with Crippen LogP contribution in [0, 0.1) is 0 Å². The Morgan fingerprint density at radius 2 is 1.73 bits per heavy atom. The Balaban J connectivity index is 1.33. The number of nitrogens with zero attached hydrogens (tertiary/aromatic N) is 4. The van der Waals surface area contributed by atoms with E-state index in [1.165, 1.54) is 12.6 Å². The minimum Gasteiger partial charge on any atom is -0.489 e. The smallest absolute Gasteiger partial charge is 0.214 e. The lowest BCUT2D eigenvalue weighted by molar-refractivity contribution is 0.262. The van der Waals surface area contributed by atoms with Crippen LogP contribution in [0.2, 0.25) is 0 Å². The molecule has 0 fully saturated rings. The second kappa shape index (κ2) is 12.5. The van der Waals surface area contributed by atoms with E-state index in [9.17, 15) is 8.42 Å². The first-order chi connectivity index (χ1) is 17.9. The molecule has 0 spiro atoms. The predicted molar refractivity (Wildman–Crippen MR) is 145 cm³/mol. The molecule has 0 saturated carbocycles. The van der Waals surface area contributed by atoms with Crippen molar-refractivity contribution in [3.05, 3.63) is 78.8 Å². The molecule has 1 N–H and O–H groups in total. The molecule has 2 heterocycles. The molecule has 10 heteroatoms. The Bertz CT molecular complexity index is 1400. The van der Waals surface area contributed by atoms with E-state index in [-0.39, 0.29) is 5.75 Å². The van der Waals surface area contributed by atoms with Gasteiger partial charge in [0, 0.05) is 36.5 Å². The van der Waals surface area contributed by atoms with E-state index in [0.717, 1.165) is 35.4 Å². The summed E-state index contributed by atoms with van der Waals surface area (Å²) in [6.07, 6.45) is 5.15. The van der Waals surface area contributed by atoms with Gasteiger partial charge in [0.1, 0.15) is 34.3 Å². The SMILES string of the molecule is CN(CCCOc1cc2c(Nc3ccc(OCc4ccccc4)cc3)ncnc2cn1)CCS(C)(=O)=O. The number of ether oxygens (including phenoxy) is 2. The third-order valence-electron chi connectivity index (χ3n) is 5.64. The standard InChI is InChI=1S/C27H31N5O4S/c1-32(14-16-37(2,33)34)13-6-15-35-26-17-24-25(18-28-26)29-20-30-27(24)31-22-9-11-23(12-10-22)36-19-21-7-4-3-5-8-21/h3-5,7-12,17-18,20H,6,13-16,19H2,1-2H3,(H,29,30,31). The van der Waals surface area contributed by atoms with Crippen LogP contribution in [0.4, 0.5) is 11.5 Å². The number of fused-ring (bicyclic) bond motifs is 1. The van der Waals surface area contributed by atoms with Gasteiger partial charge in [-0.3, -0.25) is 0 Å². The first-order valence-corrected chi connectivity index (χ1v) is 14.1. The van der Waals surface area contributed by atoms with E-state index in [1.807, 2.05) is 72.6 Å². The zero-order valence-electron chi connectivity index (χ0n) is 21.0. The maximum atomic E-state index is 11.3. The number of hydrogen-bond acceptors (Lipinski definition) is 9. The zero-order chi connectivity index (χ0) is 26.1. The number of rotatable bonds is 13. The highest BCUT2D eigenvalue weighted by molar-refractivity contribution is 7.90. The molecule has 2 aromatic heterocycles. The fourth-order valence-electron chi connectivity index (χ4n) is 3.58. The summed E-state index contributed by atoms with van der Waals surface area (Å²) < 4.78 is 34.3. The number of benzene rings is 2. The van der Waals surface area contributed by atoms with Crippen molar-refractivity contribution in [1.29, 1.82) is 0 Å². The lowest BCUT2D eigenvalue weighted by Gasteiger charge is -2.16. The summed E-state index contributed by atoms with van der Waals surface area (Å²) >= 11 is 0. The van der Waals surface area contributed by atoms with Crippen LogP contribution in [-0.4, -0.2) is 67.0 Å². The van der Waals surface area contributed by atoms with Crippen LogP contribution >= 0.6 is 0 Å². The van der Waals surface area contributed by atoms with Gasteiger partial charge in [-0.15, -0.1) is 0 Å². The molecule has 0 amide bonds. The first-order valence-electron chi connectivity index (χ1n) is 12.0. The Morgan fingerprint density at radius 3 is 2.49 bits per heavy atom. The van der Waals surface area contributed by atoms with Gasteiger partial charge >= 0.3 is 0 Å². The summed E-state index contributed by atoms with van der Waals surface area (Å²) in [4.78, 5) is 15.0. The summed E-state index contributed by atoms with van der Waals surface area (Å²) in [6, 6.07) is 19.6. The van der Waals surface area contributed by atoms with Gasteiger partial charge in [-0.1, -0.05) is 30.3 Å². The van der Waals surface area contributed by atoms with Crippen LogP contribution in [0.25, 0.3) is 10.9 Å². The average Bonchev–Trinajstić information content (AvgIpc) is 2.90. The number of anilines is 2. The van der Waals surface area contributed by atoms with E-state index in [2.05, 4.69) is 20.3 Å². The quantitative estimate of drug-likeness (QED) is 0.260. The molecule has 37 heavy (non-hydrogen) atoms. The minimum atomic E-state index is -2.96. The molecule has 0 bridgehead atoms. The van der Waals surface area contributed by atoms with Crippen LogP contribution < -0.4 is 14.8 Å². The van der Waals surface area contributed by atoms with Gasteiger partial charge < -0.3 is 19.7 Å². The summed E-state index contributed by atoms with van der Waals surface area (Å²) in [6.45, 7) is 2.20. The molecule has 0 radical (unpaired) electrons. The van der Waals surface area contributed by atoms with Crippen LogP contribution in [0.5, 0.6) is 11.6 Å². The van der Waals surface area contributed by atoms with Crippen molar-refractivity contribution >= 4 is 32.2 Å². The molecule has 4 aromatic rings. The molecular weight excluding hydrogens is 490 g/mol. The van der Waals surface area contributed by atoms with Crippen molar-refractivity contribution in [2.45, 2.75) is 13.0 Å². The third-order valence-corrected chi connectivity index (χ3v) is 6.56. The number of nitrogens with one attached hydrogen (secondary N) is 1. The molecule has 9 nitrogen and oxygen atoms in total. The van der Waals surface area contributed by atoms with Gasteiger partial charge in [0.25, 0.3) is 0 Å². The van der Waals surface area contributed by atoms with Crippen molar-refractivity contribution in [2.75, 3.05) is 44.1 Å². The van der Waals surface area contributed by atoms with Gasteiger partial charge in [0.15, 0.2) is 0 Å². The fourth-order valence-corrected chi connectivity index (χ4v) is 4.22. The van der Waals surface area contributed by atoms with E-state index in [0.29, 0.717) is 37.0 Å². The molecule has 2 aromatic carbocycles. The molecule has 0 aliphatic carbocycles. The minimum absolute atomic E-state index is 0.149. The second-order valence-corrected chi connectivity index (χ2v) is 11.1. The van der Waals surface area contributed by atoms with Gasteiger partial charge in [-0.05, 0) is 43.3 Å². The van der Waals surface area contributed by atoms with E-state index in [1.54, 1.807) is 6.20 Å². The van der Waals surface area contributed by atoms with Crippen LogP contribution in [0.15, 0.2) is 73.2 Å². The van der Waals surface area contributed by atoms with E-state index in [4.69, 9.17) is 9.47 Å². The first kappa shape index (κ1) is 26.3. The number of aromatic nitrogens is 3. The summed E-state index contributed by atoms with van der Waals surface area (Å²) in [7, 11) is -1.06. The molecular formula is C27H31N5O4S.